The minimum Gasteiger partial charge on any atom is -0.497 e. The van der Waals surface area contributed by atoms with E-state index in [2.05, 4.69) is 22.0 Å². The van der Waals surface area contributed by atoms with E-state index >= 15 is 0 Å². The minimum atomic E-state index is -0.446. The Bertz CT molecular complexity index is 1020. The van der Waals surface area contributed by atoms with E-state index in [9.17, 15) is 9.59 Å². The van der Waals surface area contributed by atoms with Crippen molar-refractivity contribution in [3.8, 4) is 11.4 Å². The second-order valence-corrected chi connectivity index (χ2v) is 6.64. The highest BCUT2D eigenvalue weighted by Crippen LogP contribution is 2.18. The van der Waals surface area contributed by atoms with E-state index in [4.69, 9.17) is 4.74 Å². The highest BCUT2D eigenvalue weighted by Gasteiger charge is 2.19. The zero-order valence-electron chi connectivity index (χ0n) is 15.7. The highest BCUT2D eigenvalue weighted by molar-refractivity contribution is 5.49. The molecular weight excluding hydrogens is 356 g/mol. The van der Waals surface area contributed by atoms with Crippen molar-refractivity contribution < 1.29 is 4.74 Å². The molecule has 144 valence electrons. The summed E-state index contributed by atoms with van der Waals surface area (Å²) >= 11 is 0. The quantitative estimate of drug-likeness (QED) is 0.750. The number of benzene rings is 2. The monoisotopic (exact) mass is 378 g/mol. The molecule has 0 radical (unpaired) electrons. The van der Waals surface area contributed by atoms with E-state index in [1.165, 1.54) is 11.8 Å². The van der Waals surface area contributed by atoms with Gasteiger partial charge in [0.1, 0.15) is 11.6 Å². The number of hydrogen-bond donors (Lipinski definition) is 1. The normalized spacial score (nSPS) is 14.2. The molecule has 0 atom stereocenters. The first-order valence-corrected chi connectivity index (χ1v) is 9.21. The average Bonchev–Trinajstić information content (AvgIpc) is 2.74. The number of ether oxygens (including phenoxy) is 1. The topological polar surface area (TPSA) is 70.6 Å². The maximum atomic E-state index is 12.6. The molecular formula is C21H22N4O3. The van der Waals surface area contributed by atoms with Gasteiger partial charge in [-0.05, 0) is 36.4 Å². The van der Waals surface area contributed by atoms with E-state index in [0.717, 1.165) is 30.7 Å². The summed E-state index contributed by atoms with van der Waals surface area (Å²) in [5, 5.41) is 0. The van der Waals surface area contributed by atoms with Gasteiger partial charge in [-0.15, -0.1) is 0 Å². The second-order valence-electron chi connectivity index (χ2n) is 6.64. The third-order valence-electron chi connectivity index (χ3n) is 4.99. The lowest BCUT2D eigenvalue weighted by Gasteiger charge is -2.36. The molecule has 1 saturated heterocycles. The fourth-order valence-electron chi connectivity index (χ4n) is 3.47. The maximum Gasteiger partial charge on any atom is 0.334 e. The number of nitrogens with one attached hydrogen (secondary N) is 1. The number of aromatic nitrogens is 2. The average molecular weight is 378 g/mol. The van der Waals surface area contributed by atoms with Gasteiger partial charge in [0.15, 0.2) is 0 Å². The molecule has 3 aromatic rings. The van der Waals surface area contributed by atoms with Crippen LogP contribution in [0.15, 0.2) is 70.3 Å². The van der Waals surface area contributed by atoms with Crippen LogP contribution in [0.2, 0.25) is 0 Å². The molecule has 28 heavy (non-hydrogen) atoms. The summed E-state index contributed by atoms with van der Waals surface area (Å²) in [7, 11) is 1.57. The van der Waals surface area contributed by atoms with E-state index in [-0.39, 0.29) is 5.56 Å². The lowest BCUT2D eigenvalue weighted by atomic mass is 10.2. The van der Waals surface area contributed by atoms with Crippen molar-refractivity contribution in [2.24, 2.45) is 0 Å². The first-order chi connectivity index (χ1) is 13.7. The standard InChI is InChI=1S/C21H22N4O3/c1-28-18-9-7-17(8-10-18)25-20(26)15-19(22-21(25)27)24-13-11-23(12-14-24)16-5-3-2-4-6-16/h2-10,15H,11-14H2,1H3,(H,22,27). The molecule has 1 aliphatic heterocycles. The largest absolute Gasteiger partial charge is 0.497 e. The predicted molar refractivity (Wildman–Crippen MR) is 110 cm³/mol. The molecule has 2 aromatic carbocycles. The highest BCUT2D eigenvalue weighted by atomic mass is 16.5. The van der Waals surface area contributed by atoms with Crippen molar-refractivity contribution in [3.05, 3.63) is 81.5 Å². The number of aromatic amines is 1. The molecule has 7 heteroatoms. The first-order valence-electron chi connectivity index (χ1n) is 9.21. The summed E-state index contributed by atoms with van der Waals surface area (Å²) < 4.78 is 6.25. The van der Waals surface area contributed by atoms with Gasteiger partial charge in [-0.25, -0.2) is 9.36 Å². The summed E-state index contributed by atoms with van der Waals surface area (Å²) in [6, 6.07) is 18.5. The third-order valence-corrected chi connectivity index (χ3v) is 4.99. The van der Waals surface area contributed by atoms with Crippen LogP contribution < -0.4 is 25.8 Å². The molecule has 0 aliphatic carbocycles. The fourth-order valence-corrected chi connectivity index (χ4v) is 3.47. The number of methoxy groups -OCH3 is 1. The van der Waals surface area contributed by atoms with Crippen LogP contribution in [0.25, 0.3) is 5.69 Å². The van der Waals surface area contributed by atoms with E-state index in [0.29, 0.717) is 17.3 Å². The maximum absolute atomic E-state index is 12.6. The minimum absolute atomic E-state index is 0.352. The molecule has 1 fully saturated rings. The van der Waals surface area contributed by atoms with Crippen LogP contribution in [0.3, 0.4) is 0 Å². The van der Waals surface area contributed by atoms with Gasteiger partial charge >= 0.3 is 5.69 Å². The van der Waals surface area contributed by atoms with Gasteiger partial charge in [0.05, 0.1) is 12.8 Å². The molecule has 0 unspecified atom stereocenters. The summed E-state index contributed by atoms with van der Waals surface area (Å²) in [4.78, 5) is 32.4. The number of H-pyrrole nitrogens is 1. The smallest absolute Gasteiger partial charge is 0.334 e. The molecule has 2 heterocycles. The fraction of sp³-hybridized carbons (Fsp3) is 0.238. The van der Waals surface area contributed by atoms with Gasteiger partial charge in [0, 0.05) is 37.9 Å². The van der Waals surface area contributed by atoms with E-state index in [1.54, 1.807) is 31.4 Å². The summed E-state index contributed by atoms with van der Waals surface area (Å²) in [6.45, 7) is 3.12. The lowest BCUT2D eigenvalue weighted by Crippen LogP contribution is -2.48. The van der Waals surface area contributed by atoms with Crippen molar-refractivity contribution in [1.82, 2.24) is 9.55 Å². The summed E-state index contributed by atoms with van der Waals surface area (Å²) in [5.74, 6) is 1.23. The van der Waals surface area contributed by atoms with E-state index < -0.39 is 5.69 Å². The van der Waals surface area contributed by atoms with Crippen LogP contribution in [0, 0.1) is 0 Å². The Balaban J connectivity index is 1.54. The van der Waals surface area contributed by atoms with Crippen LogP contribution in [0.1, 0.15) is 0 Å². The van der Waals surface area contributed by atoms with Crippen LogP contribution in [-0.4, -0.2) is 42.8 Å². The van der Waals surface area contributed by atoms with Crippen LogP contribution in [0.4, 0.5) is 11.5 Å². The molecule has 0 saturated carbocycles. The number of nitrogens with zero attached hydrogens (tertiary/aromatic N) is 3. The Morgan fingerprint density at radius 1 is 0.821 bits per heavy atom. The van der Waals surface area contributed by atoms with Gasteiger partial charge in [0.25, 0.3) is 5.56 Å². The van der Waals surface area contributed by atoms with Crippen LogP contribution >= 0.6 is 0 Å². The Hall–Kier alpha value is -3.48. The molecule has 1 aliphatic rings. The summed E-state index contributed by atoms with van der Waals surface area (Å²) in [5.41, 5.74) is 0.894. The first kappa shape index (κ1) is 17.9. The molecule has 7 nitrogen and oxygen atoms in total. The van der Waals surface area contributed by atoms with Gasteiger partial charge in [-0.1, -0.05) is 18.2 Å². The van der Waals surface area contributed by atoms with Crippen LogP contribution in [0.5, 0.6) is 5.75 Å². The van der Waals surface area contributed by atoms with Crippen molar-refractivity contribution in [2.75, 3.05) is 43.1 Å². The van der Waals surface area contributed by atoms with Crippen molar-refractivity contribution in [1.29, 1.82) is 0 Å². The van der Waals surface area contributed by atoms with Gasteiger partial charge in [0.2, 0.25) is 0 Å². The van der Waals surface area contributed by atoms with Gasteiger partial charge in [-0.2, -0.15) is 0 Å². The molecule has 1 N–H and O–H groups in total. The van der Waals surface area contributed by atoms with Crippen molar-refractivity contribution in [2.45, 2.75) is 0 Å². The van der Waals surface area contributed by atoms with Crippen LogP contribution in [-0.2, 0) is 0 Å². The van der Waals surface area contributed by atoms with Gasteiger partial charge in [-0.3, -0.25) is 9.78 Å². The Morgan fingerprint density at radius 3 is 2.07 bits per heavy atom. The Kier molecular flexibility index (Phi) is 4.89. The number of rotatable bonds is 4. The lowest BCUT2D eigenvalue weighted by molar-refractivity contribution is 0.414. The molecule has 1 aromatic heterocycles. The van der Waals surface area contributed by atoms with Crippen molar-refractivity contribution in [3.63, 3.8) is 0 Å². The Morgan fingerprint density at radius 2 is 1.46 bits per heavy atom. The molecule has 0 amide bonds. The number of anilines is 2. The summed E-state index contributed by atoms with van der Waals surface area (Å²) in [6.07, 6.45) is 0. The zero-order chi connectivity index (χ0) is 19.5. The number of piperazine rings is 1. The second kappa shape index (κ2) is 7.64. The molecule has 4 rings (SSSR count). The predicted octanol–water partition coefficient (Wildman–Crippen LogP) is 1.86. The van der Waals surface area contributed by atoms with E-state index in [1.807, 2.05) is 23.1 Å². The molecule has 0 spiro atoms. The Labute approximate surface area is 162 Å². The third kappa shape index (κ3) is 3.51. The molecule has 0 bridgehead atoms. The van der Waals surface area contributed by atoms with Crippen molar-refractivity contribution >= 4 is 11.5 Å². The number of hydrogen-bond acceptors (Lipinski definition) is 5. The van der Waals surface area contributed by atoms with Gasteiger partial charge < -0.3 is 14.5 Å². The number of para-hydroxylation sites is 1. The zero-order valence-corrected chi connectivity index (χ0v) is 15.7. The SMILES string of the molecule is COc1ccc(-n2c(=O)cc(N3CCN(c4ccccc4)CC3)[nH]c2=O)cc1.